The molecule has 0 N–H and O–H groups in total. The van der Waals surface area contributed by atoms with Crippen molar-refractivity contribution in [1.82, 2.24) is 19.2 Å². The highest BCUT2D eigenvalue weighted by Gasteiger charge is 2.28. The topological polar surface area (TPSA) is 60.1 Å². The van der Waals surface area contributed by atoms with Crippen molar-refractivity contribution in [2.45, 2.75) is 76.9 Å². The summed E-state index contributed by atoms with van der Waals surface area (Å²) < 4.78 is 16.2. The van der Waals surface area contributed by atoms with E-state index in [9.17, 15) is 14.0 Å². The van der Waals surface area contributed by atoms with Gasteiger partial charge in [0.1, 0.15) is 18.2 Å². The summed E-state index contributed by atoms with van der Waals surface area (Å²) in [7, 11) is 0. The molecule has 1 amide bonds. The van der Waals surface area contributed by atoms with Crippen LogP contribution in [0.1, 0.15) is 56.3 Å². The lowest BCUT2D eigenvalue weighted by molar-refractivity contribution is -0.134. The molecule has 7 heteroatoms. The van der Waals surface area contributed by atoms with Gasteiger partial charge in [0.2, 0.25) is 5.91 Å². The van der Waals surface area contributed by atoms with E-state index in [1.54, 1.807) is 16.7 Å². The van der Waals surface area contributed by atoms with Crippen molar-refractivity contribution in [3.8, 4) is 0 Å². The first-order chi connectivity index (χ1) is 14.1. The Morgan fingerprint density at radius 1 is 1.10 bits per heavy atom. The van der Waals surface area contributed by atoms with Crippen molar-refractivity contribution in [3.63, 3.8) is 0 Å². The summed E-state index contributed by atoms with van der Waals surface area (Å²) in [5.74, 6) is 0.504. The number of fused-ring (bicyclic) bond motifs is 1. The SMILES string of the molecule is O=C(Cn1nc2n(c1=O)CCCCC2)N(CCc1ccc(F)cc1)C1CCCC1. The first-order valence-electron chi connectivity index (χ1n) is 10.8. The fraction of sp³-hybridized carbons (Fsp3) is 0.591. The monoisotopic (exact) mass is 400 g/mol. The van der Waals surface area contributed by atoms with Gasteiger partial charge < -0.3 is 4.90 Å². The number of halogens is 1. The standard InChI is InChI=1S/C22H29FN4O2/c23-18-11-9-17(10-12-18)13-15-25(19-6-3-4-7-19)21(28)16-27-22(29)26-14-5-1-2-8-20(26)24-27/h9-12,19H,1-8,13-16H2. The van der Waals surface area contributed by atoms with Gasteiger partial charge in [0.05, 0.1) is 0 Å². The fourth-order valence-corrected chi connectivity index (χ4v) is 4.57. The third kappa shape index (κ3) is 4.60. The van der Waals surface area contributed by atoms with Gasteiger partial charge in [0.15, 0.2) is 0 Å². The Labute approximate surface area is 170 Å². The largest absolute Gasteiger partial charge is 0.346 e. The van der Waals surface area contributed by atoms with Crippen LogP contribution >= 0.6 is 0 Å². The highest BCUT2D eigenvalue weighted by molar-refractivity contribution is 5.76. The van der Waals surface area contributed by atoms with Crippen LogP contribution in [0.3, 0.4) is 0 Å². The molecule has 0 atom stereocenters. The van der Waals surface area contributed by atoms with Crippen molar-refractivity contribution in [3.05, 3.63) is 52.0 Å². The van der Waals surface area contributed by atoms with E-state index < -0.39 is 0 Å². The first kappa shape index (κ1) is 19.9. The van der Waals surface area contributed by atoms with Gasteiger partial charge in [-0.3, -0.25) is 9.36 Å². The normalized spacial score (nSPS) is 17.1. The molecule has 1 aliphatic heterocycles. The first-order valence-corrected chi connectivity index (χ1v) is 10.8. The van der Waals surface area contributed by atoms with Crippen LogP contribution in [0.4, 0.5) is 4.39 Å². The summed E-state index contributed by atoms with van der Waals surface area (Å²) in [4.78, 5) is 27.8. The molecule has 0 radical (unpaired) electrons. The Morgan fingerprint density at radius 3 is 2.62 bits per heavy atom. The van der Waals surface area contributed by atoms with E-state index in [2.05, 4.69) is 5.10 Å². The summed E-state index contributed by atoms with van der Waals surface area (Å²) in [5, 5.41) is 4.47. The summed E-state index contributed by atoms with van der Waals surface area (Å²) >= 11 is 0. The quantitative estimate of drug-likeness (QED) is 0.749. The third-order valence-corrected chi connectivity index (χ3v) is 6.21. The molecule has 2 heterocycles. The molecule has 29 heavy (non-hydrogen) atoms. The predicted octanol–water partition coefficient (Wildman–Crippen LogP) is 2.92. The van der Waals surface area contributed by atoms with Crippen molar-refractivity contribution in [1.29, 1.82) is 0 Å². The Kier molecular flexibility index (Phi) is 6.11. The van der Waals surface area contributed by atoms with Gasteiger partial charge in [-0.1, -0.05) is 31.4 Å². The maximum Gasteiger partial charge on any atom is 0.346 e. The number of amides is 1. The molecule has 0 spiro atoms. The van der Waals surface area contributed by atoms with E-state index in [1.165, 1.54) is 16.8 Å². The van der Waals surface area contributed by atoms with Crippen LogP contribution in [-0.4, -0.2) is 37.7 Å². The second-order valence-corrected chi connectivity index (χ2v) is 8.22. The second kappa shape index (κ2) is 8.93. The second-order valence-electron chi connectivity index (χ2n) is 8.22. The molecule has 0 saturated heterocycles. The van der Waals surface area contributed by atoms with Crippen LogP contribution < -0.4 is 5.69 Å². The summed E-state index contributed by atoms with van der Waals surface area (Å²) in [5.41, 5.74) is 0.841. The highest BCUT2D eigenvalue weighted by Crippen LogP contribution is 2.24. The molecule has 2 aliphatic rings. The van der Waals surface area contributed by atoms with Crippen LogP contribution in [0.2, 0.25) is 0 Å². The number of aromatic nitrogens is 3. The van der Waals surface area contributed by atoms with Gasteiger partial charge in [-0.15, -0.1) is 0 Å². The Bertz CT molecular complexity index is 897. The van der Waals surface area contributed by atoms with E-state index >= 15 is 0 Å². The minimum absolute atomic E-state index is 0.00124. The molecule has 4 rings (SSSR count). The number of aryl methyl sites for hydroxylation is 1. The summed E-state index contributed by atoms with van der Waals surface area (Å²) in [6.45, 7) is 1.27. The highest BCUT2D eigenvalue weighted by atomic mass is 19.1. The van der Waals surface area contributed by atoms with Crippen molar-refractivity contribution in [2.24, 2.45) is 0 Å². The molecule has 0 bridgehead atoms. The summed E-state index contributed by atoms with van der Waals surface area (Å²) in [6.07, 6.45) is 8.88. The molecule has 1 aromatic heterocycles. The number of nitrogens with zero attached hydrogens (tertiary/aromatic N) is 4. The van der Waals surface area contributed by atoms with Crippen LogP contribution in [-0.2, 0) is 30.7 Å². The average Bonchev–Trinajstić information content (AvgIpc) is 3.26. The number of hydrogen-bond donors (Lipinski definition) is 0. The Hall–Kier alpha value is -2.44. The third-order valence-electron chi connectivity index (χ3n) is 6.21. The van der Waals surface area contributed by atoms with Gasteiger partial charge >= 0.3 is 5.69 Å². The maximum atomic E-state index is 13.2. The molecule has 2 aromatic rings. The van der Waals surface area contributed by atoms with Crippen molar-refractivity contribution >= 4 is 5.91 Å². The van der Waals surface area contributed by atoms with Gasteiger partial charge in [-0.05, 0) is 49.8 Å². The van der Waals surface area contributed by atoms with E-state index in [4.69, 9.17) is 0 Å². The number of carbonyl (C=O) groups is 1. The smallest absolute Gasteiger partial charge is 0.338 e. The van der Waals surface area contributed by atoms with E-state index in [0.717, 1.165) is 62.8 Å². The molecule has 0 unspecified atom stereocenters. The minimum Gasteiger partial charge on any atom is -0.338 e. The van der Waals surface area contributed by atoms with Crippen LogP contribution in [0, 0.1) is 5.82 Å². The zero-order valence-electron chi connectivity index (χ0n) is 16.9. The number of carbonyl (C=O) groups excluding carboxylic acids is 1. The molecule has 1 aromatic carbocycles. The van der Waals surface area contributed by atoms with Crippen molar-refractivity contribution < 1.29 is 9.18 Å². The van der Waals surface area contributed by atoms with Crippen LogP contribution in [0.5, 0.6) is 0 Å². The molecule has 156 valence electrons. The van der Waals surface area contributed by atoms with Gasteiger partial charge in [-0.25, -0.2) is 13.9 Å². The zero-order chi connectivity index (χ0) is 20.2. The van der Waals surface area contributed by atoms with Crippen molar-refractivity contribution in [2.75, 3.05) is 6.54 Å². The lowest BCUT2D eigenvalue weighted by Crippen LogP contribution is -2.43. The molecular formula is C22H29FN4O2. The number of benzene rings is 1. The fourth-order valence-electron chi connectivity index (χ4n) is 4.57. The van der Waals surface area contributed by atoms with E-state index in [0.29, 0.717) is 19.5 Å². The van der Waals surface area contributed by atoms with Gasteiger partial charge in [0, 0.05) is 25.6 Å². The minimum atomic E-state index is -0.253. The zero-order valence-corrected chi connectivity index (χ0v) is 16.9. The number of rotatable bonds is 6. The molecule has 1 saturated carbocycles. The lowest BCUT2D eigenvalue weighted by atomic mass is 10.1. The molecule has 1 fully saturated rings. The van der Waals surface area contributed by atoms with Gasteiger partial charge in [-0.2, -0.15) is 5.10 Å². The van der Waals surface area contributed by atoms with E-state index in [-0.39, 0.29) is 30.0 Å². The van der Waals surface area contributed by atoms with Gasteiger partial charge in [0.25, 0.3) is 0 Å². The molecular weight excluding hydrogens is 371 g/mol. The Morgan fingerprint density at radius 2 is 1.86 bits per heavy atom. The molecule has 6 nitrogen and oxygen atoms in total. The Balaban J connectivity index is 1.48. The van der Waals surface area contributed by atoms with E-state index in [1.807, 2.05) is 4.90 Å². The van der Waals surface area contributed by atoms with Crippen LogP contribution in [0.15, 0.2) is 29.1 Å². The number of hydrogen-bond acceptors (Lipinski definition) is 3. The summed E-state index contributed by atoms with van der Waals surface area (Å²) in [6, 6.07) is 6.66. The predicted molar refractivity (Wildman–Crippen MR) is 108 cm³/mol. The average molecular weight is 400 g/mol. The van der Waals surface area contributed by atoms with Crippen LogP contribution in [0.25, 0.3) is 0 Å². The molecule has 1 aliphatic carbocycles. The lowest BCUT2D eigenvalue weighted by Gasteiger charge is -2.29. The maximum absolute atomic E-state index is 13.2.